The smallest absolute Gasteiger partial charge is 0.408 e. The molecule has 5 aromatic rings. The van der Waals surface area contributed by atoms with Crippen LogP contribution < -0.4 is 10.6 Å². The molecule has 0 bridgehead atoms. The van der Waals surface area contributed by atoms with E-state index >= 15 is 0 Å². The van der Waals surface area contributed by atoms with Crippen molar-refractivity contribution in [3.05, 3.63) is 138 Å². The van der Waals surface area contributed by atoms with Crippen molar-refractivity contribution in [1.82, 2.24) is 25.6 Å². The van der Waals surface area contributed by atoms with Crippen LogP contribution in [-0.2, 0) is 38.9 Å². The summed E-state index contributed by atoms with van der Waals surface area (Å²) in [6.45, 7) is 0.661. The minimum absolute atomic E-state index is 0.0517. The summed E-state index contributed by atoms with van der Waals surface area (Å²) in [5, 5.41) is 15.2. The molecule has 0 aliphatic heterocycles. The van der Waals surface area contributed by atoms with E-state index < -0.39 is 33.9 Å². The molecule has 11 heteroatoms. The zero-order chi connectivity index (χ0) is 32.9. The Balaban J connectivity index is 1.29. The molecule has 10 nitrogen and oxygen atoms in total. The Hall–Kier alpha value is -5.29. The zero-order valence-electron chi connectivity index (χ0n) is 25.8. The molecule has 4 aromatic carbocycles. The lowest BCUT2D eigenvalue weighted by molar-refractivity contribution is -0.123. The third kappa shape index (κ3) is 9.85. The van der Waals surface area contributed by atoms with E-state index in [1.54, 1.807) is 18.2 Å². The number of alkyl carbamates (subject to hydrolysis) is 1. The molecule has 47 heavy (non-hydrogen) atoms. The number of aromatic nitrogens is 3. The third-order valence-corrected chi connectivity index (χ3v) is 8.99. The number of ether oxygens (including phenoxy) is 1. The number of hydrogen-bond donors (Lipinski definition) is 2. The molecular formula is C36H37N5O5S. The monoisotopic (exact) mass is 651 g/mol. The van der Waals surface area contributed by atoms with Crippen LogP contribution in [0, 0.1) is 0 Å². The van der Waals surface area contributed by atoms with Gasteiger partial charge in [0.1, 0.15) is 18.2 Å². The van der Waals surface area contributed by atoms with Crippen molar-refractivity contribution in [2.75, 3.05) is 0 Å². The molecule has 0 saturated carbocycles. The Bertz CT molecular complexity index is 1880. The molecule has 0 fully saturated rings. The minimum Gasteiger partial charge on any atom is -0.445 e. The van der Waals surface area contributed by atoms with Crippen LogP contribution in [0.1, 0.15) is 30.4 Å². The second kappa shape index (κ2) is 16.3. The molecule has 0 aliphatic carbocycles. The van der Waals surface area contributed by atoms with Gasteiger partial charge in [0.15, 0.2) is 9.84 Å². The van der Waals surface area contributed by atoms with E-state index in [1.807, 2.05) is 89.6 Å². The molecule has 1 aromatic heterocycles. The van der Waals surface area contributed by atoms with Crippen molar-refractivity contribution in [2.24, 2.45) is 0 Å². The zero-order valence-corrected chi connectivity index (χ0v) is 26.6. The average molecular weight is 652 g/mol. The molecule has 1 heterocycles. The Morgan fingerprint density at radius 1 is 0.787 bits per heavy atom. The van der Waals surface area contributed by atoms with Crippen LogP contribution in [0.3, 0.4) is 0 Å². The maximum atomic E-state index is 13.7. The molecule has 0 saturated heterocycles. The van der Waals surface area contributed by atoms with E-state index in [0.29, 0.717) is 19.4 Å². The van der Waals surface area contributed by atoms with Crippen LogP contribution in [0.2, 0.25) is 0 Å². The summed E-state index contributed by atoms with van der Waals surface area (Å²) in [6, 6.07) is 32.8. The largest absolute Gasteiger partial charge is 0.445 e. The topological polar surface area (TPSA) is 132 Å². The molecule has 0 unspecified atom stereocenters. The fourth-order valence-electron chi connectivity index (χ4n) is 5.06. The van der Waals surface area contributed by atoms with E-state index in [9.17, 15) is 18.0 Å². The number of aryl methyl sites for hydroxylation is 1. The van der Waals surface area contributed by atoms with Crippen LogP contribution in [0.5, 0.6) is 0 Å². The van der Waals surface area contributed by atoms with Crippen molar-refractivity contribution in [1.29, 1.82) is 0 Å². The maximum absolute atomic E-state index is 13.7. The quantitative estimate of drug-likeness (QED) is 0.141. The van der Waals surface area contributed by atoms with E-state index in [4.69, 9.17) is 4.74 Å². The number of nitrogens with zero attached hydrogens (tertiary/aromatic N) is 3. The van der Waals surface area contributed by atoms with Gasteiger partial charge in [-0.3, -0.25) is 4.79 Å². The van der Waals surface area contributed by atoms with Gasteiger partial charge in [-0.05, 0) is 54.7 Å². The van der Waals surface area contributed by atoms with Crippen molar-refractivity contribution in [2.45, 2.75) is 55.8 Å². The van der Waals surface area contributed by atoms with Crippen molar-refractivity contribution in [3.8, 4) is 0 Å². The molecule has 242 valence electrons. The summed E-state index contributed by atoms with van der Waals surface area (Å²) in [6.07, 6.45) is 2.81. The number of sulfone groups is 1. The standard InChI is InChI=1S/C36H37N5O5S/c42-35(33(26-28-14-4-1-5-15-28)38-36(43)46-27-29-16-6-2-7-17-29)37-30(23-25-47(44,45)31-19-8-3-9-20-31)18-12-13-24-41-34-22-11-10-21-32(34)39-40-41/h1-11,14-17,19-23,25,30,33H,12-13,18,24,26-27H2,(H,37,42)(H,38,43)/b25-23+/t30-,33-/m0/s1. The highest BCUT2D eigenvalue weighted by Gasteiger charge is 2.24. The van der Waals surface area contributed by atoms with Gasteiger partial charge in [0.2, 0.25) is 5.91 Å². The SMILES string of the molecule is O=C(N[C@@H](Cc1ccccc1)C(=O)N[C@H](/C=C/S(=O)(=O)c1ccccc1)CCCCn1nnc2ccccc21)OCc1ccccc1. The lowest BCUT2D eigenvalue weighted by Crippen LogP contribution is -2.50. The van der Waals surface area contributed by atoms with Gasteiger partial charge in [-0.1, -0.05) is 102 Å². The van der Waals surface area contributed by atoms with Crippen LogP contribution in [0.15, 0.2) is 132 Å². The van der Waals surface area contributed by atoms with Crippen LogP contribution in [-0.4, -0.2) is 47.5 Å². The second-order valence-corrected chi connectivity index (χ2v) is 12.9. The Kier molecular flexibility index (Phi) is 11.5. The predicted octanol–water partition coefficient (Wildman–Crippen LogP) is 5.61. The van der Waals surface area contributed by atoms with Gasteiger partial charge < -0.3 is 15.4 Å². The summed E-state index contributed by atoms with van der Waals surface area (Å²) < 4.78 is 33.3. The number of carbonyl (C=O) groups excluding carboxylic acids is 2. The molecule has 5 rings (SSSR count). The van der Waals surface area contributed by atoms with E-state index in [-0.39, 0.29) is 17.9 Å². The highest BCUT2D eigenvalue weighted by molar-refractivity contribution is 7.94. The fraction of sp³-hybridized carbons (Fsp3) is 0.222. The first-order valence-electron chi connectivity index (χ1n) is 15.5. The lowest BCUT2D eigenvalue weighted by atomic mass is 10.0. The summed E-state index contributed by atoms with van der Waals surface area (Å²) in [5.41, 5.74) is 3.40. The maximum Gasteiger partial charge on any atom is 0.408 e. The first kappa shape index (κ1) is 33.1. The van der Waals surface area contributed by atoms with Gasteiger partial charge in [-0.2, -0.15) is 0 Å². The predicted molar refractivity (Wildman–Crippen MR) is 180 cm³/mol. The third-order valence-electron chi connectivity index (χ3n) is 7.55. The van der Waals surface area contributed by atoms with Gasteiger partial charge >= 0.3 is 6.09 Å². The minimum atomic E-state index is -3.75. The van der Waals surface area contributed by atoms with E-state index in [2.05, 4.69) is 20.9 Å². The Morgan fingerprint density at radius 2 is 1.43 bits per heavy atom. The van der Waals surface area contributed by atoms with E-state index in [1.165, 1.54) is 18.2 Å². The molecule has 0 aliphatic rings. The second-order valence-electron chi connectivity index (χ2n) is 11.0. The molecule has 2 atom stereocenters. The van der Waals surface area contributed by atoms with Crippen LogP contribution in [0.4, 0.5) is 4.79 Å². The molecule has 0 radical (unpaired) electrons. The number of para-hydroxylation sites is 1. The van der Waals surface area contributed by atoms with Gasteiger partial charge in [0, 0.05) is 24.4 Å². The Morgan fingerprint density at radius 3 is 2.15 bits per heavy atom. The number of fused-ring (bicyclic) bond motifs is 1. The highest BCUT2D eigenvalue weighted by Crippen LogP contribution is 2.15. The number of amides is 2. The summed E-state index contributed by atoms with van der Waals surface area (Å²) in [7, 11) is -3.75. The number of nitrogens with one attached hydrogen (secondary N) is 2. The van der Waals surface area contributed by atoms with E-state index in [0.717, 1.165) is 34.0 Å². The first-order valence-corrected chi connectivity index (χ1v) is 17.0. The van der Waals surface area contributed by atoms with Gasteiger partial charge in [-0.15, -0.1) is 5.10 Å². The first-order chi connectivity index (χ1) is 22.9. The Labute approximate surface area is 274 Å². The van der Waals surface area contributed by atoms with Crippen molar-refractivity contribution in [3.63, 3.8) is 0 Å². The van der Waals surface area contributed by atoms with Gasteiger partial charge in [0.25, 0.3) is 0 Å². The van der Waals surface area contributed by atoms with Crippen molar-refractivity contribution < 1.29 is 22.7 Å². The lowest BCUT2D eigenvalue weighted by Gasteiger charge is -2.22. The number of carbonyl (C=O) groups is 2. The molecular weight excluding hydrogens is 614 g/mol. The van der Waals surface area contributed by atoms with Crippen LogP contribution >= 0.6 is 0 Å². The normalized spacial score (nSPS) is 12.9. The van der Waals surface area contributed by atoms with Gasteiger partial charge in [0.05, 0.1) is 10.4 Å². The number of hydrogen-bond acceptors (Lipinski definition) is 7. The fourth-order valence-corrected chi connectivity index (χ4v) is 6.15. The molecule has 0 spiro atoms. The summed E-state index contributed by atoms with van der Waals surface area (Å²) >= 11 is 0. The summed E-state index contributed by atoms with van der Waals surface area (Å²) in [5.74, 6) is -0.459. The molecule has 2 amide bonds. The summed E-state index contributed by atoms with van der Waals surface area (Å²) in [4.78, 5) is 26.7. The highest BCUT2D eigenvalue weighted by atomic mass is 32.2. The average Bonchev–Trinajstić information content (AvgIpc) is 3.52. The van der Waals surface area contributed by atoms with Gasteiger partial charge in [-0.25, -0.2) is 17.9 Å². The van der Waals surface area contributed by atoms with Crippen molar-refractivity contribution >= 4 is 32.9 Å². The molecule has 2 N–H and O–H groups in total. The number of benzene rings is 4. The van der Waals surface area contributed by atoms with Crippen LogP contribution in [0.25, 0.3) is 11.0 Å². The number of unbranched alkanes of at least 4 members (excludes halogenated alkanes) is 1. The number of rotatable bonds is 15.